The summed E-state index contributed by atoms with van der Waals surface area (Å²) in [6, 6.07) is -0.902. The van der Waals surface area contributed by atoms with Crippen LogP contribution in [-0.4, -0.2) is 75.5 Å². The van der Waals surface area contributed by atoms with E-state index >= 15 is 0 Å². The maximum atomic E-state index is 14.3. The second kappa shape index (κ2) is 12.3. The number of fused-ring (bicyclic) bond motifs is 2. The summed E-state index contributed by atoms with van der Waals surface area (Å²) in [6.07, 6.45) is 5.19. The highest BCUT2D eigenvalue weighted by molar-refractivity contribution is 5.82. The Labute approximate surface area is 312 Å². The Balaban J connectivity index is 1.37. The molecule has 2 unspecified atom stereocenters. The monoisotopic (exact) mass is 731 g/mol. The summed E-state index contributed by atoms with van der Waals surface area (Å²) in [5.74, 6) is -0.998. The third-order valence-corrected chi connectivity index (χ3v) is 15.9. The summed E-state index contributed by atoms with van der Waals surface area (Å²) in [5, 5.41) is 25.9. The van der Waals surface area contributed by atoms with E-state index in [-0.39, 0.29) is 63.5 Å². The minimum atomic E-state index is -0.970. The number of carbonyl (C=O) groups is 3. The molecule has 0 aromatic heterocycles. The summed E-state index contributed by atoms with van der Waals surface area (Å²) in [5.41, 5.74) is -3.32. The second-order valence-electron chi connectivity index (χ2n) is 21.3. The summed E-state index contributed by atoms with van der Waals surface area (Å²) in [7, 11) is 0. The molecule has 6 fully saturated rings. The molecule has 6 aliphatic rings. The van der Waals surface area contributed by atoms with Crippen LogP contribution < -0.4 is 5.32 Å². The number of ether oxygens (including phenoxy) is 4. The van der Waals surface area contributed by atoms with E-state index < -0.39 is 52.5 Å². The molecule has 0 aromatic carbocycles. The molecule has 5 saturated carbocycles. The maximum Gasteiger partial charge on any atom is 0.408 e. The summed E-state index contributed by atoms with van der Waals surface area (Å²) >= 11 is 0. The van der Waals surface area contributed by atoms with Crippen molar-refractivity contribution in [2.45, 2.75) is 195 Å². The quantitative estimate of drug-likeness (QED) is 0.185. The predicted molar refractivity (Wildman–Crippen MR) is 196 cm³/mol. The fourth-order valence-electron chi connectivity index (χ4n) is 13.8. The van der Waals surface area contributed by atoms with E-state index in [0.717, 1.165) is 44.9 Å². The van der Waals surface area contributed by atoms with Gasteiger partial charge < -0.3 is 34.5 Å². The fraction of sp³-hybridized carbons (Fsp3) is 0.929. The molecular formula is C42H69NO9. The van der Waals surface area contributed by atoms with Gasteiger partial charge in [0.1, 0.15) is 23.9 Å². The van der Waals surface area contributed by atoms with Crippen molar-refractivity contribution in [1.82, 2.24) is 5.32 Å². The van der Waals surface area contributed by atoms with E-state index in [1.807, 2.05) is 27.7 Å². The number of hydrogen-bond acceptors (Lipinski definition) is 9. The van der Waals surface area contributed by atoms with Crippen LogP contribution in [0.1, 0.15) is 148 Å². The lowest BCUT2D eigenvalue weighted by Gasteiger charge is -2.64. The first-order valence-electron chi connectivity index (χ1n) is 20.1. The van der Waals surface area contributed by atoms with Gasteiger partial charge in [-0.05, 0) is 133 Å². The molecule has 0 bridgehead atoms. The first kappa shape index (κ1) is 39.8. The second-order valence-corrected chi connectivity index (χ2v) is 21.3. The van der Waals surface area contributed by atoms with Gasteiger partial charge >= 0.3 is 18.0 Å². The topological polar surface area (TPSA) is 141 Å². The number of aliphatic hydroxyl groups is 2. The Morgan fingerprint density at radius 1 is 0.865 bits per heavy atom. The molecule has 1 aliphatic heterocycles. The Morgan fingerprint density at radius 2 is 1.52 bits per heavy atom. The Bertz CT molecular complexity index is 1450. The van der Waals surface area contributed by atoms with Crippen molar-refractivity contribution in [3.8, 4) is 0 Å². The average molecular weight is 732 g/mol. The fourth-order valence-corrected chi connectivity index (χ4v) is 13.8. The van der Waals surface area contributed by atoms with Crippen molar-refractivity contribution in [3.63, 3.8) is 0 Å². The molecule has 6 rings (SSSR count). The molecule has 2 spiro atoms. The smallest absolute Gasteiger partial charge is 0.408 e. The third-order valence-electron chi connectivity index (χ3n) is 15.9. The van der Waals surface area contributed by atoms with Gasteiger partial charge in [-0.1, -0.05) is 41.5 Å². The van der Waals surface area contributed by atoms with Crippen molar-refractivity contribution < 1.29 is 43.5 Å². The summed E-state index contributed by atoms with van der Waals surface area (Å²) in [4.78, 5) is 39.6. The van der Waals surface area contributed by atoms with Gasteiger partial charge in [-0.3, -0.25) is 4.79 Å². The molecule has 5 aliphatic carbocycles. The van der Waals surface area contributed by atoms with Crippen LogP contribution in [0.2, 0.25) is 0 Å². The van der Waals surface area contributed by atoms with Crippen LogP contribution in [-0.2, 0) is 28.5 Å². The lowest BCUT2D eigenvalue weighted by molar-refractivity contribution is -0.225. The maximum absolute atomic E-state index is 14.3. The number of alkyl carbamates (subject to hydrolysis) is 1. The summed E-state index contributed by atoms with van der Waals surface area (Å²) in [6.45, 7) is 25.5. The average Bonchev–Trinajstić information content (AvgIpc) is 3.33. The molecule has 1 heterocycles. The van der Waals surface area contributed by atoms with E-state index in [1.54, 1.807) is 20.8 Å². The molecule has 0 aromatic rings. The van der Waals surface area contributed by atoms with Gasteiger partial charge in [0.15, 0.2) is 0 Å². The lowest BCUT2D eigenvalue weighted by atomic mass is 9.41. The lowest BCUT2D eigenvalue weighted by Crippen LogP contribution is -2.63. The minimum absolute atomic E-state index is 0.0290. The number of amides is 1. The van der Waals surface area contributed by atoms with Crippen LogP contribution in [0.4, 0.5) is 4.79 Å². The van der Waals surface area contributed by atoms with Crippen molar-refractivity contribution in [3.05, 3.63) is 0 Å². The molecule has 10 nitrogen and oxygen atoms in total. The molecule has 10 heteroatoms. The Morgan fingerprint density at radius 3 is 2.08 bits per heavy atom. The zero-order valence-electron chi connectivity index (χ0n) is 34.3. The molecule has 296 valence electrons. The van der Waals surface area contributed by atoms with Gasteiger partial charge in [0.25, 0.3) is 0 Å². The molecule has 0 radical (unpaired) electrons. The number of carbonyl (C=O) groups excluding carboxylic acids is 3. The Hall–Kier alpha value is -1.91. The van der Waals surface area contributed by atoms with Gasteiger partial charge in [0.2, 0.25) is 0 Å². The summed E-state index contributed by atoms with van der Waals surface area (Å²) < 4.78 is 25.0. The van der Waals surface area contributed by atoms with E-state index in [2.05, 4.69) is 39.9 Å². The van der Waals surface area contributed by atoms with E-state index in [4.69, 9.17) is 18.9 Å². The predicted octanol–water partition coefficient (Wildman–Crippen LogP) is 7.11. The third kappa shape index (κ3) is 5.93. The van der Waals surface area contributed by atoms with Gasteiger partial charge in [-0.25, -0.2) is 9.59 Å². The van der Waals surface area contributed by atoms with Gasteiger partial charge in [-0.15, -0.1) is 0 Å². The van der Waals surface area contributed by atoms with Crippen molar-refractivity contribution in [2.24, 2.45) is 50.7 Å². The van der Waals surface area contributed by atoms with Crippen molar-refractivity contribution in [1.29, 1.82) is 0 Å². The Kier molecular flexibility index (Phi) is 9.40. The van der Waals surface area contributed by atoms with Crippen LogP contribution >= 0.6 is 0 Å². The first-order valence-corrected chi connectivity index (χ1v) is 20.1. The van der Waals surface area contributed by atoms with E-state index in [1.165, 1.54) is 6.92 Å². The molecule has 52 heavy (non-hydrogen) atoms. The van der Waals surface area contributed by atoms with Crippen LogP contribution in [0, 0.1) is 50.7 Å². The molecule has 13 atom stereocenters. The van der Waals surface area contributed by atoms with Crippen LogP contribution in [0.3, 0.4) is 0 Å². The van der Waals surface area contributed by atoms with Crippen LogP contribution in [0.15, 0.2) is 0 Å². The molecule has 1 saturated heterocycles. The van der Waals surface area contributed by atoms with E-state index in [9.17, 15) is 24.6 Å². The normalized spacial score (nSPS) is 45.5. The standard InChI is InChI=1S/C42H69NO9/c1-23(2)30(43-34(47)52-35(4,5)6)33(46)50-26-20-27-39(12)21-25(45)31(40(13)16-14-29(51-40)37(9,10)48)38(39,11)18-19-41(27)22-42(41)17-15-28(49-24(3)44)36(7,8)32(26)42/h23,25-32,45,48H,14-22H2,1-13H3,(H,43,47)/t25-,26-,27?,28-,29-,30-,31-,32-,38+,39-,40+,41?,42+/m0/s1. The highest BCUT2D eigenvalue weighted by atomic mass is 16.6. The minimum Gasteiger partial charge on any atom is -0.462 e. The van der Waals surface area contributed by atoms with Gasteiger partial charge in [-0.2, -0.15) is 0 Å². The number of rotatable bonds is 7. The number of nitrogens with one attached hydrogen (secondary N) is 1. The SMILES string of the molecule is CC(=O)O[C@H]1CC[C@]23CC24CC[C@]2(C)[C@@H]([C@@]5(C)CC[C@@H](C(C)(C)O)O5)[C@@H](O)C[C@@]2(C)C4C[C@H](OC(=O)[C@@H](NC(=O)OC(C)(C)C)C(C)C)[C@H]3C1(C)C. The first-order chi connectivity index (χ1) is 23.7. The number of esters is 2. The highest BCUT2D eigenvalue weighted by Gasteiger charge is 2.85. The largest absolute Gasteiger partial charge is 0.462 e. The zero-order valence-corrected chi connectivity index (χ0v) is 34.3. The molecular weight excluding hydrogens is 662 g/mol. The molecule has 3 N–H and O–H groups in total. The highest BCUT2D eigenvalue weighted by Crippen LogP contribution is 2.89. The van der Waals surface area contributed by atoms with E-state index in [0.29, 0.717) is 12.8 Å². The van der Waals surface area contributed by atoms with Gasteiger partial charge in [0, 0.05) is 24.2 Å². The zero-order chi connectivity index (χ0) is 38.8. The number of hydrogen-bond donors (Lipinski definition) is 3. The van der Waals surface area contributed by atoms with Crippen LogP contribution in [0.5, 0.6) is 0 Å². The molecule has 1 amide bonds. The van der Waals surface area contributed by atoms with Crippen molar-refractivity contribution in [2.75, 3.05) is 0 Å². The van der Waals surface area contributed by atoms with Crippen LogP contribution in [0.25, 0.3) is 0 Å². The number of aliphatic hydroxyl groups excluding tert-OH is 1. The van der Waals surface area contributed by atoms with Crippen molar-refractivity contribution >= 4 is 18.0 Å². The van der Waals surface area contributed by atoms with Gasteiger partial charge in [0.05, 0.1) is 23.4 Å².